The minimum atomic E-state index is -0.128. The second kappa shape index (κ2) is 14.8. The standard InChI is InChI=1S/C27H33Cl2N5O.2ClH/c1-3-6-26-31-24(19-34(26)22-11-9-21(28)10-12-22)27(35)30-13-5-14-32-15-17-33(18-16-32)25-8-4-7-23(29)20(25)2;;/h4,7-12,19H,3,5-6,13-18H2,1-2H3,(H,30,35);2*1H. The number of nitrogens with zero attached hydrogens (tertiary/aromatic N) is 4. The first-order valence-corrected chi connectivity index (χ1v) is 13.1. The van der Waals surface area contributed by atoms with Gasteiger partial charge in [-0.25, -0.2) is 4.98 Å². The van der Waals surface area contributed by atoms with Gasteiger partial charge in [-0.05, 0) is 68.3 Å². The maximum Gasteiger partial charge on any atom is 0.271 e. The van der Waals surface area contributed by atoms with Crippen LogP contribution >= 0.6 is 48.0 Å². The number of amides is 1. The Morgan fingerprint density at radius 2 is 1.73 bits per heavy atom. The number of aromatic nitrogens is 2. The number of anilines is 1. The fourth-order valence-electron chi connectivity index (χ4n) is 4.50. The number of rotatable bonds is 9. The third-order valence-electron chi connectivity index (χ3n) is 6.48. The Bertz CT molecular complexity index is 1140. The minimum absolute atomic E-state index is 0. The normalized spacial score (nSPS) is 13.6. The molecule has 0 saturated carbocycles. The molecule has 2 heterocycles. The molecule has 4 rings (SSSR count). The molecule has 1 amide bonds. The summed E-state index contributed by atoms with van der Waals surface area (Å²) in [5.74, 6) is 0.754. The Kier molecular flexibility index (Phi) is 12.5. The number of halogens is 4. The summed E-state index contributed by atoms with van der Waals surface area (Å²) in [5.41, 5.74) is 3.78. The van der Waals surface area contributed by atoms with Crippen molar-refractivity contribution in [2.75, 3.05) is 44.2 Å². The highest BCUT2D eigenvalue weighted by molar-refractivity contribution is 6.31. The Labute approximate surface area is 242 Å². The summed E-state index contributed by atoms with van der Waals surface area (Å²) in [7, 11) is 0. The molecule has 1 aliphatic rings. The number of carbonyl (C=O) groups is 1. The van der Waals surface area contributed by atoms with E-state index in [0.29, 0.717) is 17.3 Å². The molecule has 1 aliphatic heterocycles. The largest absolute Gasteiger partial charge is 0.369 e. The van der Waals surface area contributed by atoms with Crippen molar-refractivity contribution in [2.24, 2.45) is 0 Å². The Morgan fingerprint density at radius 1 is 1.03 bits per heavy atom. The van der Waals surface area contributed by atoms with Crippen molar-refractivity contribution in [2.45, 2.75) is 33.1 Å². The van der Waals surface area contributed by atoms with Gasteiger partial charge < -0.3 is 14.8 Å². The summed E-state index contributed by atoms with van der Waals surface area (Å²) < 4.78 is 1.98. The van der Waals surface area contributed by atoms with E-state index in [1.807, 2.05) is 47.2 Å². The van der Waals surface area contributed by atoms with Crippen molar-refractivity contribution in [3.8, 4) is 5.69 Å². The lowest BCUT2D eigenvalue weighted by Gasteiger charge is -2.37. The number of hydrogen-bond acceptors (Lipinski definition) is 4. The second-order valence-corrected chi connectivity index (χ2v) is 9.80. The van der Waals surface area contributed by atoms with Gasteiger partial charge in [0.15, 0.2) is 0 Å². The highest BCUT2D eigenvalue weighted by Crippen LogP contribution is 2.27. The van der Waals surface area contributed by atoms with Crippen LogP contribution in [0.2, 0.25) is 10.0 Å². The van der Waals surface area contributed by atoms with Crippen LogP contribution in [0.4, 0.5) is 5.69 Å². The molecule has 0 aliphatic carbocycles. The monoisotopic (exact) mass is 585 g/mol. The van der Waals surface area contributed by atoms with Crippen LogP contribution in [0.15, 0.2) is 48.7 Å². The molecule has 0 radical (unpaired) electrons. The van der Waals surface area contributed by atoms with Gasteiger partial charge >= 0.3 is 0 Å². The van der Waals surface area contributed by atoms with Gasteiger partial charge in [0.25, 0.3) is 5.91 Å². The van der Waals surface area contributed by atoms with Gasteiger partial charge in [-0.15, -0.1) is 24.8 Å². The third kappa shape index (κ3) is 8.01. The summed E-state index contributed by atoms with van der Waals surface area (Å²) in [5, 5.41) is 4.55. The molecule has 0 atom stereocenters. The number of imidazole rings is 1. The van der Waals surface area contributed by atoms with Crippen molar-refractivity contribution in [1.82, 2.24) is 19.8 Å². The molecule has 0 bridgehead atoms. The van der Waals surface area contributed by atoms with Gasteiger partial charge in [0.1, 0.15) is 11.5 Å². The summed E-state index contributed by atoms with van der Waals surface area (Å²) in [6.45, 7) is 9.75. The van der Waals surface area contributed by atoms with Gasteiger partial charge in [-0.1, -0.05) is 36.2 Å². The molecule has 1 fully saturated rings. The number of piperazine rings is 1. The van der Waals surface area contributed by atoms with Gasteiger partial charge in [0.2, 0.25) is 0 Å². The molecule has 0 spiro atoms. The van der Waals surface area contributed by atoms with E-state index < -0.39 is 0 Å². The Balaban J connectivity index is 0.00000241. The molecule has 2 aromatic carbocycles. The van der Waals surface area contributed by atoms with Crippen LogP contribution < -0.4 is 10.2 Å². The molecule has 1 aromatic heterocycles. The summed E-state index contributed by atoms with van der Waals surface area (Å²) >= 11 is 12.3. The minimum Gasteiger partial charge on any atom is -0.369 e. The topological polar surface area (TPSA) is 53.4 Å². The first kappa shape index (κ1) is 31.3. The van der Waals surface area contributed by atoms with Crippen molar-refractivity contribution in [3.63, 3.8) is 0 Å². The average Bonchev–Trinajstić information content (AvgIpc) is 3.29. The van der Waals surface area contributed by atoms with Crippen LogP contribution in [0.5, 0.6) is 0 Å². The Morgan fingerprint density at radius 3 is 2.41 bits per heavy atom. The van der Waals surface area contributed by atoms with Crippen LogP contribution in [0.1, 0.15) is 41.6 Å². The van der Waals surface area contributed by atoms with Gasteiger partial charge in [-0.3, -0.25) is 9.69 Å². The number of carbonyl (C=O) groups excluding carboxylic acids is 1. The zero-order valence-electron chi connectivity index (χ0n) is 21.3. The van der Waals surface area contributed by atoms with E-state index in [-0.39, 0.29) is 30.7 Å². The summed E-state index contributed by atoms with van der Waals surface area (Å²) in [6, 6.07) is 13.7. The smallest absolute Gasteiger partial charge is 0.271 e. The molecule has 1 N–H and O–H groups in total. The van der Waals surface area contributed by atoms with Gasteiger partial charge in [-0.2, -0.15) is 0 Å². The third-order valence-corrected chi connectivity index (χ3v) is 7.14. The predicted octanol–water partition coefficient (Wildman–Crippen LogP) is 6.23. The van der Waals surface area contributed by atoms with Crippen molar-refractivity contribution in [1.29, 1.82) is 0 Å². The summed E-state index contributed by atoms with van der Waals surface area (Å²) in [4.78, 5) is 22.2. The maximum absolute atomic E-state index is 12.8. The van der Waals surface area contributed by atoms with E-state index in [1.54, 1.807) is 0 Å². The molecule has 10 heteroatoms. The van der Waals surface area contributed by atoms with E-state index in [2.05, 4.69) is 40.0 Å². The Hall–Kier alpha value is -1.96. The number of benzene rings is 2. The molecule has 0 unspecified atom stereocenters. The molecule has 3 aromatic rings. The second-order valence-electron chi connectivity index (χ2n) is 8.96. The van der Waals surface area contributed by atoms with Crippen LogP contribution in [0, 0.1) is 6.92 Å². The van der Waals surface area contributed by atoms with Gasteiger partial charge in [0.05, 0.1) is 0 Å². The van der Waals surface area contributed by atoms with Crippen LogP contribution in [-0.2, 0) is 6.42 Å². The molecular formula is C27H35Cl4N5O. The molecular weight excluding hydrogens is 552 g/mol. The molecule has 37 heavy (non-hydrogen) atoms. The molecule has 202 valence electrons. The zero-order chi connectivity index (χ0) is 24.8. The zero-order valence-corrected chi connectivity index (χ0v) is 24.4. The first-order valence-electron chi connectivity index (χ1n) is 12.3. The summed E-state index contributed by atoms with van der Waals surface area (Å²) in [6.07, 6.45) is 4.48. The fourth-order valence-corrected chi connectivity index (χ4v) is 4.79. The first-order chi connectivity index (χ1) is 17.0. The highest BCUT2D eigenvalue weighted by atomic mass is 35.5. The molecule has 1 saturated heterocycles. The lowest BCUT2D eigenvalue weighted by molar-refractivity contribution is 0.0946. The van der Waals surface area contributed by atoms with E-state index in [9.17, 15) is 4.79 Å². The lowest BCUT2D eigenvalue weighted by atomic mass is 10.1. The average molecular weight is 587 g/mol. The lowest BCUT2D eigenvalue weighted by Crippen LogP contribution is -2.47. The number of nitrogens with one attached hydrogen (secondary N) is 1. The van der Waals surface area contributed by atoms with Crippen molar-refractivity contribution >= 4 is 59.6 Å². The van der Waals surface area contributed by atoms with Crippen molar-refractivity contribution in [3.05, 3.63) is 75.8 Å². The van der Waals surface area contributed by atoms with E-state index >= 15 is 0 Å². The van der Waals surface area contributed by atoms with E-state index in [0.717, 1.165) is 74.1 Å². The maximum atomic E-state index is 12.8. The van der Waals surface area contributed by atoms with Crippen molar-refractivity contribution < 1.29 is 4.79 Å². The van der Waals surface area contributed by atoms with Crippen LogP contribution in [0.3, 0.4) is 0 Å². The number of aryl methyl sites for hydroxylation is 1. The predicted molar refractivity (Wildman–Crippen MR) is 159 cm³/mol. The van der Waals surface area contributed by atoms with Crippen LogP contribution in [0.25, 0.3) is 5.69 Å². The highest BCUT2D eigenvalue weighted by Gasteiger charge is 2.19. The van der Waals surface area contributed by atoms with E-state index in [1.165, 1.54) is 5.69 Å². The van der Waals surface area contributed by atoms with Gasteiger partial charge in [0, 0.05) is 66.8 Å². The number of hydrogen-bond donors (Lipinski definition) is 1. The fraction of sp³-hybridized carbons (Fsp3) is 0.407. The SMILES string of the molecule is CCCc1nc(C(=O)NCCCN2CCN(c3cccc(Cl)c3C)CC2)cn1-c1ccc(Cl)cc1.Cl.Cl. The quantitative estimate of drug-likeness (QED) is 0.302. The van der Waals surface area contributed by atoms with E-state index in [4.69, 9.17) is 23.2 Å². The van der Waals surface area contributed by atoms with Crippen LogP contribution in [-0.4, -0.2) is 59.6 Å². The molecule has 6 nitrogen and oxygen atoms in total.